The Morgan fingerprint density at radius 1 is 1.25 bits per heavy atom. The summed E-state index contributed by atoms with van der Waals surface area (Å²) in [5, 5.41) is 11.6. The van der Waals surface area contributed by atoms with Gasteiger partial charge in [-0.15, -0.1) is 0 Å². The Morgan fingerprint density at radius 3 is 2.06 bits per heavy atom. The van der Waals surface area contributed by atoms with Crippen molar-refractivity contribution >= 4 is 11.9 Å². The van der Waals surface area contributed by atoms with Gasteiger partial charge in [-0.1, -0.05) is 34.6 Å². The van der Waals surface area contributed by atoms with Crippen molar-refractivity contribution in [2.45, 2.75) is 53.5 Å². The maximum Gasteiger partial charge on any atom is 0.326 e. The number of carboxylic acid groups (broad SMARTS) is 1. The van der Waals surface area contributed by atoms with Crippen LogP contribution < -0.4 is 5.32 Å². The normalized spacial score (nSPS) is 13.6. The molecule has 1 atom stereocenters. The predicted molar refractivity (Wildman–Crippen MR) is 63.1 cm³/mol. The Hall–Kier alpha value is -1.06. The Morgan fingerprint density at radius 2 is 1.75 bits per heavy atom. The molecule has 0 radical (unpaired) electrons. The van der Waals surface area contributed by atoms with E-state index in [0.29, 0.717) is 12.3 Å². The molecule has 0 saturated carbocycles. The van der Waals surface area contributed by atoms with Crippen molar-refractivity contribution in [2.24, 2.45) is 11.3 Å². The topological polar surface area (TPSA) is 66.4 Å². The van der Waals surface area contributed by atoms with Crippen molar-refractivity contribution in [1.82, 2.24) is 5.32 Å². The van der Waals surface area contributed by atoms with Crippen LogP contribution >= 0.6 is 0 Å². The summed E-state index contributed by atoms with van der Waals surface area (Å²) in [6, 6.07) is -0.827. The highest BCUT2D eigenvalue weighted by Crippen LogP contribution is 2.19. The molecule has 0 fully saturated rings. The van der Waals surface area contributed by atoms with Gasteiger partial charge in [-0.25, -0.2) is 4.79 Å². The number of carbonyl (C=O) groups excluding carboxylic acids is 1. The summed E-state index contributed by atoms with van der Waals surface area (Å²) in [4.78, 5) is 22.5. The summed E-state index contributed by atoms with van der Waals surface area (Å²) in [6.45, 7) is 9.47. The van der Waals surface area contributed by atoms with E-state index < -0.39 is 17.4 Å². The Balaban J connectivity index is 4.32. The number of hydrogen-bond acceptors (Lipinski definition) is 2. The lowest BCUT2D eigenvalue weighted by Crippen LogP contribution is -2.49. The highest BCUT2D eigenvalue weighted by molar-refractivity contribution is 5.84. The highest BCUT2D eigenvalue weighted by Gasteiger charge is 2.32. The maximum absolute atomic E-state index is 11.5. The number of amides is 1. The van der Waals surface area contributed by atoms with E-state index in [2.05, 4.69) is 5.32 Å². The molecule has 4 heteroatoms. The van der Waals surface area contributed by atoms with Gasteiger partial charge in [-0.3, -0.25) is 4.79 Å². The molecule has 0 bridgehead atoms. The summed E-state index contributed by atoms with van der Waals surface area (Å²) in [6.07, 6.45) is 1.17. The third kappa shape index (κ3) is 5.73. The van der Waals surface area contributed by atoms with Crippen LogP contribution in [0.5, 0.6) is 0 Å². The highest BCUT2D eigenvalue weighted by atomic mass is 16.4. The van der Waals surface area contributed by atoms with Gasteiger partial charge in [-0.2, -0.15) is 0 Å². The molecular formula is C12H23NO3. The zero-order valence-corrected chi connectivity index (χ0v) is 10.8. The first-order valence-electron chi connectivity index (χ1n) is 5.66. The van der Waals surface area contributed by atoms with Crippen molar-refractivity contribution in [2.75, 3.05) is 0 Å². The van der Waals surface area contributed by atoms with Gasteiger partial charge in [0.1, 0.15) is 6.04 Å². The summed E-state index contributed by atoms with van der Waals surface area (Å²) in [5.74, 6) is -0.718. The van der Waals surface area contributed by atoms with Crippen molar-refractivity contribution in [1.29, 1.82) is 0 Å². The summed E-state index contributed by atoms with van der Waals surface area (Å²) < 4.78 is 0. The maximum atomic E-state index is 11.5. The summed E-state index contributed by atoms with van der Waals surface area (Å²) >= 11 is 0. The average molecular weight is 229 g/mol. The SMILES string of the molecule is CC(C)CCC(=O)N[C@@H](C(=O)O)C(C)(C)C. The van der Waals surface area contributed by atoms with Crippen LogP contribution in [0.3, 0.4) is 0 Å². The molecule has 0 heterocycles. The Kier molecular flexibility index (Phi) is 5.48. The molecule has 0 unspecified atom stereocenters. The molecule has 2 N–H and O–H groups in total. The Labute approximate surface area is 97.4 Å². The molecular weight excluding hydrogens is 206 g/mol. The van der Waals surface area contributed by atoms with Crippen molar-refractivity contribution < 1.29 is 14.7 Å². The van der Waals surface area contributed by atoms with E-state index in [1.54, 1.807) is 20.8 Å². The van der Waals surface area contributed by atoms with E-state index in [1.807, 2.05) is 13.8 Å². The van der Waals surface area contributed by atoms with Crippen LogP contribution in [0.1, 0.15) is 47.5 Å². The zero-order valence-electron chi connectivity index (χ0n) is 10.8. The molecule has 0 aliphatic rings. The van der Waals surface area contributed by atoms with Gasteiger partial charge < -0.3 is 10.4 Å². The third-order valence-corrected chi connectivity index (χ3v) is 2.37. The third-order valence-electron chi connectivity index (χ3n) is 2.37. The van der Waals surface area contributed by atoms with Crippen LogP contribution in [0, 0.1) is 11.3 Å². The van der Waals surface area contributed by atoms with Gasteiger partial charge in [-0.05, 0) is 17.8 Å². The molecule has 16 heavy (non-hydrogen) atoms. The molecule has 0 aromatic rings. The summed E-state index contributed by atoms with van der Waals surface area (Å²) in [5.41, 5.74) is -0.473. The standard InChI is InChI=1S/C12H23NO3/c1-8(2)6-7-9(14)13-10(11(15)16)12(3,4)5/h8,10H,6-7H2,1-5H3,(H,13,14)(H,15,16)/t10-/m0/s1. The number of aliphatic carboxylic acids is 1. The van der Waals surface area contributed by atoms with Crippen LogP contribution in [-0.4, -0.2) is 23.0 Å². The van der Waals surface area contributed by atoms with Gasteiger partial charge in [0.15, 0.2) is 0 Å². The van der Waals surface area contributed by atoms with E-state index >= 15 is 0 Å². The van der Waals surface area contributed by atoms with E-state index in [9.17, 15) is 9.59 Å². The average Bonchev–Trinajstić information content (AvgIpc) is 2.08. The molecule has 0 saturated heterocycles. The van der Waals surface area contributed by atoms with Crippen molar-refractivity contribution in [3.8, 4) is 0 Å². The van der Waals surface area contributed by atoms with E-state index in [4.69, 9.17) is 5.11 Å². The Bertz CT molecular complexity index is 253. The van der Waals surface area contributed by atoms with Crippen molar-refractivity contribution in [3.63, 3.8) is 0 Å². The molecule has 94 valence electrons. The first-order chi connectivity index (χ1) is 7.14. The van der Waals surface area contributed by atoms with Crippen LogP contribution in [0.15, 0.2) is 0 Å². The second-order valence-corrected chi connectivity index (χ2v) is 5.64. The second kappa shape index (κ2) is 5.87. The molecule has 4 nitrogen and oxygen atoms in total. The summed E-state index contributed by atoms with van der Waals surface area (Å²) in [7, 11) is 0. The minimum absolute atomic E-state index is 0.184. The van der Waals surface area contributed by atoms with E-state index in [0.717, 1.165) is 6.42 Å². The monoisotopic (exact) mass is 229 g/mol. The number of carbonyl (C=O) groups is 2. The first-order valence-corrected chi connectivity index (χ1v) is 5.66. The molecule has 0 aromatic carbocycles. The van der Waals surface area contributed by atoms with E-state index in [1.165, 1.54) is 0 Å². The van der Waals surface area contributed by atoms with Gasteiger partial charge in [0, 0.05) is 6.42 Å². The van der Waals surface area contributed by atoms with Crippen LogP contribution in [0.4, 0.5) is 0 Å². The quantitative estimate of drug-likeness (QED) is 0.758. The second-order valence-electron chi connectivity index (χ2n) is 5.64. The van der Waals surface area contributed by atoms with Crippen LogP contribution in [-0.2, 0) is 9.59 Å². The van der Waals surface area contributed by atoms with Crippen molar-refractivity contribution in [3.05, 3.63) is 0 Å². The molecule has 1 amide bonds. The zero-order chi connectivity index (χ0) is 12.9. The fraction of sp³-hybridized carbons (Fsp3) is 0.833. The fourth-order valence-electron chi connectivity index (χ4n) is 1.30. The number of carboxylic acids is 1. The first kappa shape index (κ1) is 14.9. The minimum atomic E-state index is -0.981. The number of rotatable bonds is 5. The smallest absolute Gasteiger partial charge is 0.326 e. The van der Waals surface area contributed by atoms with Gasteiger partial charge in [0.05, 0.1) is 0 Å². The molecule has 0 aromatic heterocycles. The molecule has 0 spiro atoms. The van der Waals surface area contributed by atoms with E-state index in [-0.39, 0.29) is 5.91 Å². The minimum Gasteiger partial charge on any atom is -0.480 e. The van der Waals surface area contributed by atoms with Gasteiger partial charge >= 0.3 is 5.97 Å². The molecule has 0 aliphatic carbocycles. The molecule has 0 rings (SSSR count). The number of nitrogens with one attached hydrogen (secondary N) is 1. The van der Waals surface area contributed by atoms with Gasteiger partial charge in [0.2, 0.25) is 5.91 Å². The fourth-order valence-corrected chi connectivity index (χ4v) is 1.30. The molecule has 0 aliphatic heterocycles. The lowest BCUT2D eigenvalue weighted by molar-refractivity contribution is -0.145. The van der Waals surface area contributed by atoms with Crippen LogP contribution in [0.2, 0.25) is 0 Å². The number of hydrogen-bond donors (Lipinski definition) is 2. The lowest BCUT2D eigenvalue weighted by Gasteiger charge is -2.27. The predicted octanol–water partition coefficient (Wildman–Crippen LogP) is 2.04. The van der Waals surface area contributed by atoms with Crippen LogP contribution in [0.25, 0.3) is 0 Å². The largest absolute Gasteiger partial charge is 0.480 e. The lowest BCUT2D eigenvalue weighted by atomic mass is 9.86. The van der Waals surface area contributed by atoms with Gasteiger partial charge in [0.25, 0.3) is 0 Å².